The third kappa shape index (κ3) is 2.37. The second-order valence-corrected chi connectivity index (χ2v) is 4.84. The zero-order valence-corrected chi connectivity index (χ0v) is 8.79. The lowest BCUT2D eigenvalue weighted by Gasteiger charge is -2.19. The Morgan fingerprint density at radius 2 is 2.08 bits per heavy atom. The fraction of sp³-hybridized carbons (Fsp3) is 0.889. The molecule has 0 aromatic carbocycles. The average molecular weight is 209 g/mol. The van der Waals surface area contributed by atoms with Gasteiger partial charge in [0.25, 0.3) is 0 Å². The molecule has 12 heavy (non-hydrogen) atoms. The van der Waals surface area contributed by atoms with Gasteiger partial charge in [-0.15, -0.1) is 11.6 Å². The van der Waals surface area contributed by atoms with Crippen LogP contribution in [-0.4, -0.2) is 10.1 Å². The smallest absolute Gasteiger partial charge is 0.242 e. The van der Waals surface area contributed by atoms with Crippen molar-refractivity contribution in [3.63, 3.8) is 0 Å². The minimum Gasteiger partial charge on any atom is -0.279 e. The van der Waals surface area contributed by atoms with Gasteiger partial charge in [0.2, 0.25) is 5.24 Å². The summed E-state index contributed by atoms with van der Waals surface area (Å²) < 4.78 is 0. The topological polar surface area (TPSA) is 17.1 Å². The van der Waals surface area contributed by atoms with Crippen molar-refractivity contribution in [3.8, 4) is 0 Å². The molecule has 70 valence electrons. The predicted octanol–water partition coefficient (Wildman–Crippen LogP) is 3.33. The molecule has 1 rings (SSSR count). The standard InChI is InChI=1S/C9H14Cl2O/c1-7-3-2-5-9(11,6-4-7)8(10)12/h7H,2-6H2,1H3. The number of hydrogen-bond donors (Lipinski definition) is 0. The van der Waals surface area contributed by atoms with Crippen molar-refractivity contribution in [2.75, 3.05) is 0 Å². The largest absolute Gasteiger partial charge is 0.279 e. The molecule has 0 radical (unpaired) electrons. The van der Waals surface area contributed by atoms with E-state index in [2.05, 4.69) is 6.92 Å². The maximum atomic E-state index is 11.0. The molecule has 1 aliphatic rings. The van der Waals surface area contributed by atoms with E-state index in [0.29, 0.717) is 5.92 Å². The van der Waals surface area contributed by atoms with Crippen molar-refractivity contribution < 1.29 is 4.79 Å². The Labute approximate surface area is 83.4 Å². The molecule has 0 N–H and O–H groups in total. The van der Waals surface area contributed by atoms with E-state index < -0.39 is 4.87 Å². The maximum Gasteiger partial charge on any atom is 0.242 e. The van der Waals surface area contributed by atoms with Crippen LogP contribution in [0.15, 0.2) is 0 Å². The molecular weight excluding hydrogens is 195 g/mol. The van der Waals surface area contributed by atoms with Crippen LogP contribution < -0.4 is 0 Å². The Bertz CT molecular complexity index is 181. The van der Waals surface area contributed by atoms with E-state index in [-0.39, 0.29) is 5.24 Å². The summed E-state index contributed by atoms with van der Waals surface area (Å²) in [5.74, 6) is 0.682. The van der Waals surface area contributed by atoms with Gasteiger partial charge in [0.1, 0.15) is 4.87 Å². The van der Waals surface area contributed by atoms with Crippen LogP contribution in [0.5, 0.6) is 0 Å². The summed E-state index contributed by atoms with van der Waals surface area (Å²) in [4.78, 5) is 10.3. The number of rotatable bonds is 1. The summed E-state index contributed by atoms with van der Waals surface area (Å²) in [5.41, 5.74) is 0. The molecule has 0 aliphatic heterocycles. The summed E-state index contributed by atoms with van der Waals surface area (Å²) in [6.07, 6.45) is 4.67. The van der Waals surface area contributed by atoms with Gasteiger partial charge in [0, 0.05) is 0 Å². The van der Waals surface area contributed by atoms with Crippen molar-refractivity contribution in [2.45, 2.75) is 43.9 Å². The Balaban J connectivity index is 2.61. The summed E-state index contributed by atoms with van der Waals surface area (Å²) >= 11 is 11.5. The molecular formula is C9H14Cl2O. The Kier molecular flexibility index (Phi) is 3.42. The lowest BCUT2D eigenvalue weighted by molar-refractivity contribution is -0.114. The lowest BCUT2D eigenvalue weighted by atomic mass is 9.99. The van der Waals surface area contributed by atoms with Crippen LogP contribution in [0.3, 0.4) is 0 Å². The quantitative estimate of drug-likeness (QED) is 0.367. The second-order valence-electron chi connectivity index (χ2n) is 3.78. The van der Waals surface area contributed by atoms with Gasteiger partial charge >= 0.3 is 0 Å². The molecule has 0 saturated heterocycles. The molecule has 0 aromatic heterocycles. The molecule has 1 fully saturated rings. The minimum atomic E-state index is -0.758. The average Bonchev–Trinajstić information content (AvgIpc) is 2.15. The fourth-order valence-corrected chi connectivity index (χ4v) is 2.10. The van der Waals surface area contributed by atoms with E-state index in [9.17, 15) is 4.79 Å². The molecule has 1 saturated carbocycles. The monoisotopic (exact) mass is 208 g/mol. The van der Waals surface area contributed by atoms with Crippen LogP contribution in [0.1, 0.15) is 39.0 Å². The zero-order valence-electron chi connectivity index (χ0n) is 7.28. The van der Waals surface area contributed by atoms with Crippen LogP contribution in [0.2, 0.25) is 0 Å². The van der Waals surface area contributed by atoms with Gasteiger partial charge in [-0.1, -0.05) is 19.8 Å². The molecule has 0 aromatic rings. The van der Waals surface area contributed by atoms with Gasteiger partial charge in [-0.05, 0) is 36.8 Å². The third-order valence-electron chi connectivity index (χ3n) is 2.66. The third-order valence-corrected chi connectivity index (χ3v) is 3.66. The van der Waals surface area contributed by atoms with Crippen molar-refractivity contribution in [3.05, 3.63) is 0 Å². The van der Waals surface area contributed by atoms with E-state index >= 15 is 0 Å². The number of carbonyl (C=O) groups excluding carboxylic acids is 1. The Morgan fingerprint density at radius 3 is 2.67 bits per heavy atom. The van der Waals surface area contributed by atoms with Crippen LogP contribution in [-0.2, 0) is 4.79 Å². The Morgan fingerprint density at radius 1 is 1.42 bits per heavy atom. The maximum absolute atomic E-state index is 11.0. The first-order valence-corrected chi connectivity index (χ1v) is 5.19. The molecule has 1 aliphatic carbocycles. The highest BCUT2D eigenvalue weighted by Crippen LogP contribution is 2.36. The Hall–Kier alpha value is 0.250. The molecule has 0 bridgehead atoms. The van der Waals surface area contributed by atoms with Gasteiger partial charge in [-0.25, -0.2) is 0 Å². The van der Waals surface area contributed by atoms with Crippen LogP contribution in [0, 0.1) is 5.92 Å². The molecule has 0 spiro atoms. The first-order valence-electron chi connectivity index (χ1n) is 4.43. The molecule has 3 heteroatoms. The number of alkyl halides is 1. The van der Waals surface area contributed by atoms with Gasteiger partial charge in [-0.3, -0.25) is 4.79 Å². The molecule has 0 heterocycles. The van der Waals surface area contributed by atoms with E-state index in [1.165, 1.54) is 6.42 Å². The number of carbonyl (C=O) groups is 1. The van der Waals surface area contributed by atoms with E-state index in [0.717, 1.165) is 25.7 Å². The number of halogens is 2. The SMILES string of the molecule is CC1CCCC(Cl)(C(=O)Cl)CC1. The summed E-state index contributed by atoms with van der Waals surface area (Å²) in [6.45, 7) is 2.20. The molecule has 2 atom stereocenters. The summed E-state index contributed by atoms with van der Waals surface area (Å²) in [7, 11) is 0. The predicted molar refractivity (Wildman–Crippen MR) is 51.7 cm³/mol. The molecule has 0 amide bonds. The van der Waals surface area contributed by atoms with Gasteiger partial charge < -0.3 is 0 Å². The van der Waals surface area contributed by atoms with Gasteiger partial charge in [0.15, 0.2) is 0 Å². The highest BCUT2D eigenvalue weighted by atomic mass is 35.5. The first kappa shape index (κ1) is 10.3. The lowest BCUT2D eigenvalue weighted by Crippen LogP contribution is -2.27. The van der Waals surface area contributed by atoms with E-state index in [1.54, 1.807) is 0 Å². The summed E-state index contributed by atoms with van der Waals surface area (Å²) in [6, 6.07) is 0. The van der Waals surface area contributed by atoms with Crippen molar-refractivity contribution in [1.82, 2.24) is 0 Å². The fourth-order valence-electron chi connectivity index (χ4n) is 1.67. The minimum absolute atomic E-state index is 0.377. The van der Waals surface area contributed by atoms with Crippen LogP contribution in [0.4, 0.5) is 0 Å². The van der Waals surface area contributed by atoms with E-state index in [4.69, 9.17) is 23.2 Å². The molecule has 2 unspecified atom stereocenters. The van der Waals surface area contributed by atoms with E-state index in [1.807, 2.05) is 0 Å². The van der Waals surface area contributed by atoms with Crippen LogP contribution >= 0.6 is 23.2 Å². The van der Waals surface area contributed by atoms with Crippen molar-refractivity contribution >= 4 is 28.4 Å². The second kappa shape index (κ2) is 3.97. The highest BCUT2D eigenvalue weighted by molar-refractivity contribution is 6.70. The van der Waals surface area contributed by atoms with Crippen molar-refractivity contribution in [2.24, 2.45) is 5.92 Å². The number of hydrogen-bond acceptors (Lipinski definition) is 1. The summed E-state index contributed by atoms with van der Waals surface area (Å²) in [5, 5.41) is -0.377. The first-order chi connectivity index (χ1) is 5.54. The van der Waals surface area contributed by atoms with Gasteiger partial charge in [-0.2, -0.15) is 0 Å². The van der Waals surface area contributed by atoms with Crippen molar-refractivity contribution in [1.29, 1.82) is 0 Å². The normalized spacial score (nSPS) is 37.4. The van der Waals surface area contributed by atoms with Crippen LogP contribution in [0.25, 0.3) is 0 Å². The highest BCUT2D eigenvalue weighted by Gasteiger charge is 2.36. The molecule has 1 nitrogen and oxygen atoms in total. The zero-order chi connectivity index (χ0) is 9.19. The van der Waals surface area contributed by atoms with Gasteiger partial charge in [0.05, 0.1) is 0 Å².